The van der Waals surface area contributed by atoms with Gasteiger partial charge in [-0.2, -0.15) is 0 Å². The largest absolute Gasteiger partial charge is 0.297 e. The van der Waals surface area contributed by atoms with E-state index in [1.54, 1.807) is 0 Å². The third kappa shape index (κ3) is 2.72. The minimum absolute atomic E-state index is 0.346. The van der Waals surface area contributed by atoms with Crippen LogP contribution in [0, 0.1) is 11.6 Å². The zero-order valence-corrected chi connectivity index (χ0v) is 8.55. The van der Waals surface area contributed by atoms with Gasteiger partial charge in [0, 0.05) is 12.6 Å². The fourth-order valence-electron chi connectivity index (χ4n) is 1.89. The molecule has 0 atom stereocenters. The first-order chi connectivity index (χ1) is 7.25. The second-order valence-electron chi connectivity index (χ2n) is 3.92. The van der Waals surface area contributed by atoms with Gasteiger partial charge < -0.3 is 0 Å². The Bertz CT molecular complexity index is 335. The molecule has 0 spiro atoms. The number of rotatable bonds is 2. The van der Waals surface area contributed by atoms with Crippen LogP contribution in [0.15, 0.2) is 12.3 Å². The lowest BCUT2D eigenvalue weighted by molar-refractivity contribution is 0.215. The second kappa shape index (κ2) is 4.66. The average molecular weight is 212 g/mol. The van der Waals surface area contributed by atoms with Gasteiger partial charge in [0.25, 0.3) is 0 Å². The Hall–Kier alpha value is -1.03. The van der Waals surface area contributed by atoms with Gasteiger partial charge in [-0.3, -0.25) is 9.88 Å². The summed E-state index contributed by atoms with van der Waals surface area (Å²) in [4.78, 5) is 5.94. The summed E-state index contributed by atoms with van der Waals surface area (Å²) in [6, 6.07) is 0.895. The Morgan fingerprint density at radius 1 is 1.20 bits per heavy atom. The number of hydrogen-bond acceptors (Lipinski definition) is 2. The maximum atomic E-state index is 13.3. The van der Waals surface area contributed by atoms with Gasteiger partial charge in [0.1, 0.15) is 11.6 Å². The summed E-state index contributed by atoms with van der Waals surface area (Å²) in [5.41, 5.74) is 0.346. The van der Waals surface area contributed by atoms with Gasteiger partial charge in [0.05, 0.1) is 11.9 Å². The standard InChI is InChI=1S/C11H14F2N2/c12-9-6-10(13)11(14-7-9)8-15-4-2-1-3-5-15/h6-7H,1-5,8H2. The second-order valence-corrected chi connectivity index (χ2v) is 3.92. The van der Waals surface area contributed by atoms with Crippen LogP contribution in [0.5, 0.6) is 0 Å². The molecule has 4 heteroatoms. The molecule has 1 aromatic heterocycles. The first-order valence-corrected chi connectivity index (χ1v) is 5.28. The molecule has 0 saturated carbocycles. The van der Waals surface area contributed by atoms with Crippen LogP contribution < -0.4 is 0 Å². The summed E-state index contributed by atoms with van der Waals surface area (Å²) < 4.78 is 25.9. The van der Waals surface area contributed by atoms with Crippen LogP contribution in [0.4, 0.5) is 8.78 Å². The van der Waals surface area contributed by atoms with E-state index < -0.39 is 11.6 Å². The highest BCUT2D eigenvalue weighted by atomic mass is 19.1. The van der Waals surface area contributed by atoms with Gasteiger partial charge in [0.15, 0.2) is 0 Å². The SMILES string of the molecule is Fc1cnc(CN2CCCCC2)c(F)c1. The van der Waals surface area contributed by atoms with Crippen molar-refractivity contribution < 1.29 is 8.78 Å². The topological polar surface area (TPSA) is 16.1 Å². The molecule has 0 aliphatic carbocycles. The molecule has 0 aromatic carbocycles. The molecular formula is C11H14F2N2. The van der Waals surface area contributed by atoms with Crippen LogP contribution in [0.25, 0.3) is 0 Å². The predicted molar refractivity (Wildman–Crippen MR) is 53.3 cm³/mol. The lowest BCUT2D eigenvalue weighted by Gasteiger charge is -2.25. The van der Waals surface area contributed by atoms with Crippen molar-refractivity contribution in [1.82, 2.24) is 9.88 Å². The number of pyridine rings is 1. The predicted octanol–water partition coefficient (Wildman–Crippen LogP) is 2.35. The van der Waals surface area contributed by atoms with Crippen LogP contribution in [-0.4, -0.2) is 23.0 Å². The fraction of sp³-hybridized carbons (Fsp3) is 0.545. The third-order valence-corrected chi connectivity index (χ3v) is 2.71. The number of hydrogen-bond donors (Lipinski definition) is 0. The summed E-state index contributed by atoms with van der Waals surface area (Å²) >= 11 is 0. The number of piperidine rings is 1. The van der Waals surface area contributed by atoms with E-state index in [9.17, 15) is 8.78 Å². The highest BCUT2D eigenvalue weighted by molar-refractivity contribution is 5.08. The monoisotopic (exact) mass is 212 g/mol. The summed E-state index contributed by atoms with van der Waals surface area (Å²) in [5.74, 6) is -1.16. The molecule has 1 aliphatic heterocycles. The Morgan fingerprint density at radius 3 is 2.60 bits per heavy atom. The number of likely N-dealkylation sites (tertiary alicyclic amines) is 1. The van der Waals surface area contributed by atoms with Gasteiger partial charge in [-0.25, -0.2) is 8.78 Å². The van der Waals surface area contributed by atoms with E-state index in [2.05, 4.69) is 9.88 Å². The van der Waals surface area contributed by atoms with Gasteiger partial charge in [0.2, 0.25) is 0 Å². The smallest absolute Gasteiger partial charge is 0.148 e. The number of nitrogens with zero attached hydrogens (tertiary/aromatic N) is 2. The van der Waals surface area contributed by atoms with E-state index >= 15 is 0 Å². The molecule has 0 unspecified atom stereocenters. The lowest BCUT2D eigenvalue weighted by atomic mass is 10.1. The van der Waals surface area contributed by atoms with Crippen molar-refractivity contribution in [2.45, 2.75) is 25.8 Å². The van der Waals surface area contributed by atoms with Crippen LogP contribution in [0.2, 0.25) is 0 Å². The maximum absolute atomic E-state index is 13.3. The highest BCUT2D eigenvalue weighted by Gasteiger charge is 2.13. The fourth-order valence-corrected chi connectivity index (χ4v) is 1.89. The van der Waals surface area contributed by atoms with Gasteiger partial charge in [-0.15, -0.1) is 0 Å². The molecule has 1 aromatic rings. The molecule has 2 heterocycles. The van der Waals surface area contributed by atoms with Gasteiger partial charge in [-0.1, -0.05) is 6.42 Å². The third-order valence-electron chi connectivity index (χ3n) is 2.71. The summed E-state index contributed by atoms with van der Waals surface area (Å²) in [5, 5.41) is 0. The van der Waals surface area contributed by atoms with Crippen molar-refractivity contribution in [2.75, 3.05) is 13.1 Å². The molecule has 2 nitrogen and oxygen atoms in total. The minimum Gasteiger partial charge on any atom is -0.297 e. The van der Waals surface area contributed by atoms with Crippen molar-refractivity contribution in [1.29, 1.82) is 0 Å². The van der Waals surface area contributed by atoms with E-state index in [1.807, 2.05) is 0 Å². The summed E-state index contributed by atoms with van der Waals surface area (Å²) in [7, 11) is 0. The Morgan fingerprint density at radius 2 is 1.93 bits per heavy atom. The zero-order chi connectivity index (χ0) is 10.7. The van der Waals surface area contributed by atoms with Gasteiger partial charge in [-0.05, 0) is 25.9 Å². The van der Waals surface area contributed by atoms with Crippen molar-refractivity contribution in [3.63, 3.8) is 0 Å². The molecule has 0 radical (unpaired) electrons. The molecule has 0 N–H and O–H groups in total. The Labute approximate surface area is 87.9 Å². The van der Waals surface area contributed by atoms with E-state index in [-0.39, 0.29) is 0 Å². The lowest BCUT2D eigenvalue weighted by Crippen LogP contribution is -2.29. The van der Waals surface area contributed by atoms with Crippen molar-refractivity contribution in [2.24, 2.45) is 0 Å². The van der Waals surface area contributed by atoms with Crippen LogP contribution in [0.3, 0.4) is 0 Å². The molecule has 1 fully saturated rings. The van der Waals surface area contributed by atoms with E-state index in [1.165, 1.54) is 6.42 Å². The van der Waals surface area contributed by atoms with E-state index in [0.717, 1.165) is 38.2 Å². The molecule has 1 saturated heterocycles. The molecular weight excluding hydrogens is 198 g/mol. The molecule has 0 amide bonds. The molecule has 0 bridgehead atoms. The number of halogens is 2. The van der Waals surface area contributed by atoms with Crippen molar-refractivity contribution in [3.8, 4) is 0 Å². The van der Waals surface area contributed by atoms with Gasteiger partial charge >= 0.3 is 0 Å². The van der Waals surface area contributed by atoms with Crippen LogP contribution in [-0.2, 0) is 6.54 Å². The Balaban J connectivity index is 2.03. The quantitative estimate of drug-likeness (QED) is 0.748. The average Bonchev–Trinajstić information content (AvgIpc) is 2.24. The van der Waals surface area contributed by atoms with Crippen molar-refractivity contribution in [3.05, 3.63) is 29.6 Å². The highest BCUT2D eigenvalue weighted by Crippen LogP contribution is 2.14. The molecule has 2 rings (SSSR count). The van der Waals surface area contributed by atoms with Crippen LogP contribution >= 0.6 is 0 Å². The van der Waals surface area contributed by atoms with Crippen LogP contribution in [0.1, 0.15) is 25.0 Å². The molecule has 82 valence electrons. The minimum atomic E-state index is -0.616. The summed E-state index contributed by atoms with van der Waals surface area (Å²) in [6.07, 6.45) is 4.63. The normalized spacial score (nSPS) is 18.0. The molecule has 1 aliphatic rings. The number of aromatic nitrogens is 1. The van der Waals surface area contributed by atoms with E-state index in [0.29, 0.717) is 12.2 Å². The maximum Gasteiger partial charge on any atom is 0.148 e. The van der Waals surface area contributed by atoms with E-state index in [4.69, 9.17) is 0 Å². The van der Waals surface area contributed by atoms with Crippen molar-refractivity contribution >= 4 is 0 Å². The summed E-state index contributed by atoms with van der Waals surface area (Å²) in [6.45, 7) is 2.46. The first kappa shape index (κ1) is 10.5. The first-order valence-electron chi connectivity index (χ1n) is 5.28. The zero-order valence-electron chi connectivity index (χ0n) is 8.55. The molecule has 15 heavy (non-hydrogen) atoms. The Kier molecular flexibility index (Phi) is 3.26.